The van der Waals surface area contributed by atoms with Crippen molar-refractivity contribution in [1.29, 1.82) is 0 Å². The lowest BCUT2D eigenvalue weighted by atomic mass is 9.78. The number of carbonyl (C=O) groups excluding carboxylic acids is 2. The summed E-state index contributed by atoms with van der Waals surface area (Å²) >= 11 is 0. The number of amides is 4. The molecule has 4 amide bonds. The van der Waals surface area contributed by atoms with Crippen LogP contribution in [-0.4, -0.2) is 48.2 Å². The van der Waals surface area contributed by atoms with Gasteiger partial charge in [0, 0.05) is 13.1 Å². The Balaban J connectivity index is 1.95. The van der Waals surface area contributed by atoms with Gasteiger partial charge >= 0.3 is 12.1 Å². The van der Waals surface area contributed by atoms with Gasteiger partial charge in [-0.1, -0.05) is 125 Å². The van der Waals surface area contributed by atoms with Crippen molar-refractivity contribution in [1.82, 2.24) is 14.7 Å². The first-order chi connectivity index (χ1) is 25.5. The lowest BCUT2D eigenvalue weighted by Gasteiger charge is -2.46. The Labute approximate surface area is 344 Å². The van der Waals surface area contributed by atoms with Crippen LogP contribution in [0, 0.1) is 0 Å². The highest BCUT2D eigenvalue weighted by molar-refractivity contribution is 5.96. The van der Waals surface area contributed by atoms with Gasteiger partial charge in [-0.3, -0.25) is 9.80 Å². The molecule has 0 unspecified atom stereocenters. The molecule has 0 spiro atoms. The Morgan fingerprint density at radius 3 is 0.789 bits per heavy atom. The molecular formula is C49H73N3O5. The minimum Gasteiger partial charge on any atom is -0.507 e. The molecule has 1 saturated heterocycles. The van der Waals surface area contributed by atoms with Crippen LogP contribution in [-0.2, 0) is 52.1 Å². The van der Waals surface area contributed by atoms with Crippen LogP contribution in [0.15, 0.2) is 36.4 Å². The molecular weight excluding hydrogens is 711 g/mol. The van der Waals surface area contributed by atoms with Crippen LogP contribution in [0.4, 0.5) is 9.59 Å². The summed E-state index contributed by atoms with van der Waals surface area (Å²) in [6, 6.07) is 11.0. The number of urea groups is 2. The highest BCUT2D eigenvalue weighted by atomic mass is 16.3. The molecule has 1 fully saturated rings. The largest absolute Gasteiger partial charge is 0.507 e. The number of aromatic hydroxyl groups is 3. The molecule has 314 valence electrons. The van der Waals surface area contributed by atoms with E-state index in [1.165, 1.54) is 4.90 Å². The number of rotatable bonds is 6. The standard InChI is InChI=1S/C49H73N3O5/c1-29-50(26-30-20-33(44(2,3)4)39(53)34(21-30)45(5,6)7)42(56)52(28-32-24-37(48(14,15)16)41(55)38(25-32)49(17,18)19)43(57)51(29)27-31-22-35(46(8,9)10)40(54)36(23-31)47(11,12)13/h20-25,29,53-55H,26-28H2,1-19H3. The Kier molecular flexibility index (Phi) is 11.9. The van der Waals surface area contributed by atoms with E-state index in [1.807, 2.05) is 84.9 Å². The molecule has 3 aromatic carbocycles. The third-order valence-corrected chi connectivity index (χ3v) is 11.3. The fourth-order valence-electron chi connectivity index (χ4n) is 7.78. The average Bonchev–Trinajstić information content (AvgIpc) is 3.02. The van der Waals surface area contributed by atoms with Gasteiger partial charge in [0.25, 0.3) is 0 Å². The molecule has 8 heteroatoms. The number of hydrogen-bond donors (Lipinski definition) is 3. The molecule has 3 aromatic rings. The van der Waals surface area contributed by atoms with Gasteiger partial charge in [0.2, 0.25) is 0 Å². The van der Waals surface area contributed by atoms with Gasteiger partial charge in [0.1, 0.15) is 23.4 Å². The maximum atomic E-state index is 14.9. The summed E-state index contributed by atoms with van der Waals surface area (Å²) in [5.41, 5.74) is 4.93. The Morgan fingerprint density at radius 2 is 0.596 bits per heavy atom. The van der Waals surface area contributed by atoms with E-state index in [-0.39, 0.29) is 58.5 Å². The maximum absolute atomic E-state index is 14.9. The van der Waals surface area contributed by atoms with Crippen molar-refractivity contribution in [3.63, 3.8) is 0 Å². The maximum Gasteiger partial charge on any atom is 0.330 e. The zero-order valence-electron chi connectivity index (χ0n) is 38.7. The molecule has 0 bridgehead atoms. The zero-order chi connectivity index (χ0) is 43.8. The van der Waals surface area contributed by atoms with Gasteiger partial charge in [0.15, 0.2) is 0 Å². The average molecular weight is 784 g/mol. The van der Waals surface area contributed by atoms with Crippen molar-refractivity contribution in [3.05, 3.63) is 86.5 Å². The van der Waals surface area contributed by atoms with Crippen molar-refractivity contribution < 1.29 is 24.9 Å². The topological polar surface area (TPSA) is 105 Å². The van der Waals surface area contributed by atoms with Crippen LogP contribution in [0.25, 0.3) is 0 Å². The van der Waals surface area contributed by atoms with E-state index in [9.17, 15) is 24.9 Å². The minimum absolute atomic E-state index is 0.00987. The highest BCUT2D eigenvalue weighted by Crippen LogP contribution is 2.44. The first-order valence-corrected chi connectivity index (χ1v) is 20.5. The second-order valence-electron chi connectivity index (χ2n) is 22.7. The Hall–Kier alpha value is -4.20. The van der Waals surface area contributed by atoms with E-state index in [0.29, 0.717) is 0 Å². The number of benzene rings is 3. The molecule has 4 rings (SSSR count). The van der Waals surface area contributed by atoms with E-state index in [1.54, 1.807) is 9.80 Å². The predicted molar refractivity (Wildman–Crippen MR) is 233 cm³/mol. The molecule has 0 saturated carbocycles. The zero-order valence-corrected chi connectivity index (χ0v) is 38.7. The summed E-state index contributed by atoms with van der Waals surface area (Å²) in [5.74, 6) is 0.770. The van der Waals surface area contributed by atoms with Gasteiger partial charge in [-0.15, -0.1) is 0 Å². The van der Waals surface area contributed by atoms with Crippen LogP contribution in [0.2, 0.25) is 0 Å². The SMILES string of the molecule is CC1N(Cc2cc(C(C)(C)C)c(O)c(C(C)(C)C)c2)C(=O)N(Cc2cc(C(C)(C)C)c(O)c(C(C)(C)C)c2)C(=O)N1Cc1cc(C(C)(C)C)c(O)c(C(C)(C)C)c1. The molecule has 1 aliphatic rings. The monoisotopic (exact) mass is 784 g/mol. The minimum atomic E-state index is -0.633. The highest BCUT2D eigenvalue weighted by Gasteiger charge is 2.43. The summed E-state index contributed by atoms with van der Waals surface area (Å²) in [4.78, 5) is 34.6. The summed E-state index contributed by atoms with van der Waals surface area (Å²) in [6.45, 7) is 39.4. The molecule has 0 radical (unpaired) electrons. The Morgan fingerprint density at radius 1 is 0.404 bits per heavy atom. The van der Waals surface area contributed by atoms with Gasteiger partial charge in [-0.05, 0) is 126 Å². The number of nitrogens with zero attached hydrogens (tertiary/aromatic N) is 3. The lowest BCUT2D eigenvalue weighted by molar-refractivity contribution is 0.0285. The van der Waals surface area contributed by atoms with Gasteiger partial charge in [-0.25, -0.2) is 14.5 Å². The molecule has 3 N–H and O–H groups in total. The predicted octanol–water partition coefficient (Wildman–Crippen LogP) is 12.0. The van der Waals surface area contributed by atoms with E-state index in [4.69, 9.17) is 0 Å². The van der Waals surface area contributed by atoms with Crippen molar-refractivity contribution in [2.75, 3.05) is 0 Å². The van der Waals surface area contributed by atoms with E-state index in [0.717, 1.165) is 50.1 Å². The molecule has 1 aliphatic heterocycles. The van der Waals surface area contributed by atoms with Crippen LogP contribution in [0.1, 0.15) is 182 Å². The normalized spacial score (nSPS) is 15.6. The van der Waals surface area contributed by atoms with Gasteiger partial charge < -0.3 is 15.3 Å². The second kappa shape index (κ2) is 14.9. The van der Waals surface area contributed by atoms with Gasteiger partial charge in [-0.2, -0.15) is 0 Å². The fourth-order valence-corrected chi connectivity index (χ4v) is 7.78. The third kappa shape index (κ3) is 9.58. The molecule has 8 nitrogen and oxygen atoms in total. The summed E-state index contributed by atoms with van der Waals surface area (Å²) < 4.78 is 0. The first-order valence-electron chi connectivity index (χ1n) is 20.5. The quantitative estimate of drug-likeness (QED) is 0.231. The molecule has 0 aromatic heterocycles. The lowest BCUT2D eigenvalue weighted by Crippen LogP contribution is -2.64. The third-order valence-electron chi connectivity index (χ3n) is 11.3. The first kappa shape index (κ1) is 45.5. The van der Waals surface area contributed by atoms with Crippen molar-refractivity contribution in [2.24, 2.45) is 0 Å². The fraction of sp³-hybridized carbons (Fsp3) is 0.592. The number of imide groups is 1. The molecule has 1 heterocycles. The van der Waals surface area contributed by atoms with Crippen LogP contribution in [0.5, 0.6) is 17.2 Å². The van der Waals surface area contributed by atoms with Crippen molar-refractivity contribution >= 4 is 12.1 Å². The molecule has 0 aliphatic carbocycles. The van der Waals surface area contributed by atoms with Gasteiger partial charge in [0.05, 0.1) is 6.54 Å². The Bertz CT molecular complexity index is 1810. The molecule has 57 heavy (non-hydrogen) atoms. The number of carbonyl (C=O) groups is 2. The van der Waals surface area contributed by atoms with Crippen molar-refractivity contribution in [3.8, 4) is 17.2 Å². The summed E-state index contributed by atoms with van der Waals surface area (Å²) in [5, 5.41) is 34.5. The van der Waals surface area contributed by atoms with E-state index >= 15 is 0 Å². The molecule has 0 atom stereocenters. The number of hydrogen-bond acceptors (Lipinski definition) is 5. The second-order valence-corrected chi connectivity index (χ2v) is 22.7. The summed E-state index contributed by atoms with van der Waals surface area (Å²) in [6.07, 6.45) is -0.633. The summed E-state index contributed by atoms with van der Waals surface area (Å²) in [7, 11) is 0. The number of phenolic OH excluding ortho intramolecular Hbond substituents is 3. The van der Waals surface area contributed by atoms with Crippen LogP contribution in [0.3, 0.4) is 0 Å². The smallest absolute Gasteiger partial charge is 0.330 e. The van der Waals surface area contributed by atoms with E-state index in [2.05, 4.69) is 83.1 Å². The van der Waals surface area contributed by atoms with E-state index < -0.39 is 29.1 Å². The number of phenols is 3. The van der Waals surface area contributed by atoms with Crippen LogP contribution < -0.4 is 0 Å². The van der Waals surface area contributed by atoms with Crippen LogP contribution >= 0.6 is 0 Å². The van der Waals surface area contributed by atoms with Crippen molar-refractivity contribution in [2.45, 2.75) is 190 Å².